The van der Waals surface area contributed by atoms with Crippen LogP contribution in [-0.2, 0) is 0 Å². The Hall–Kier alpha value is -0.0800. The normalized spacial score (nSPS) is 31.2. The number of hydrogen-bond donors (Lipinski definition) is 1. The topological polar surface area (TPSA) is 26.1 Å². The van der Waals surface area contributed by atoms with Gasteiger partial charge in [-0.3, -0.25) is 0 Å². The molecule has 0 aromatic carbocycles. The van der Waals surface area contributed by atoms with Crippen LogP contribution < -0.4 is 5.32 Å². The van der Waals surface area contributed by atoms with Crippen LogP contribution in [-0.4, -0.2) is 26.2 Å². The van der Waals surface area contributed by atoms with Crippen LogP contribution in [0, 0.1) is 5.41 Å². The van der Waals surface area contributed by atoms with Gasteiger partial charge in [-0.25, -0.2) is 0 Å². The molecule has 0 unspecified atom stereocenters. The van der Waals surface area contributed by atoms with E-state index >= 15 is 0 Å². The summed E-state index contributed by atoms with van der Waals surface area (Å²) >= 11 is 0. The highest BCUT2D eigenvalue weighted by Crippen LogP contribution is 2.38. The summed E-state index contributed by atoms with van der Waals surface area (Å²) in [6.07, 6.45) is 4.07. The summed E-state index contributed by atoms with van der Waals surface area (Å²) < 4.78 is 0. The molecule has 0 atom stereocenters. The average Bonchev–Trinajstić information content (AvgIpc) is 2.39. The molecule has 2 heterocycles. The number of hydrogen-bond acceptors (Lipinski definition) is 1. The van der Waals surface area contributed by atoms with Crippen LogP contribution >= 0.6 is 0 Å². The van der Waals surface area contributed by atoms with Crippen LogP contribution in [0.3, 0.4) is 0 Å². The van der Waals surface area contributed by atoms with E-state index in [0.29, 0.717) is 5.41 Å². The molecule has 0 radical (unpaired) electrons. The molecule has 0 amide bonds. The predicted octanol–water partition coefficient (Wildman–Crippen LogP) is 1.13. The summed E-state index contributed by atoms with van der Waals surface area (Å²) in [6, 6.07) is 0. The van der Waals surface area contributed by atoms with Gasteiger partial charge in [0.1, 0.15) is 0 Å². The summed E-state index contributed by atoms with van der Waals surface area (Å²) in [7, 11) is 0. The maximum atomic E-state index is 4.43. The Labute approximate surface area is 62.4 Å². The second-order valence-corrected chi connectivity index (χ2v) is 3.61. The minimum absolute atomic E-state index is 0.644. The van der Waals surface area contributed by atoms with E-state index in [1.807, 2.05) is 0 Å². The van der Waals surface area contributed by atoms with Crippen molar-refractivity contribution in [3.63, 3.8) is 0 Å². The highest BCUT2D eigenvalue weighted by molar-refractivity contribution is 5.03. The first-order valence-electron chi connectivity index (χ1n) is 4.25. The first kappa shape index (κ1) is 6.62. The maximum absolute atomic E-state index is 4.43. The Morgan fingerprint density at radius 3 is 2.50 bits per heavy atom. The zero-order valence-corrected chi connectivity index (χ0v) is 6.40. The molecule has 10 heavy (non-hydrogen) atoms. The molecule has 2 aliphatic rings. The fraction of sp³-hybridized carbons (Fsp3) is 1.00. The van der Waals surface area contributed by atoms with Crippen LogP contribution in [0.25, 0.3) is 5.32 Å². The number of nitrogens with zero attached hydrogens (tertiary/aromatic N) is 1. The molecule has 2 nitrogen and oxygen atoms in total. The Kier molecular flexibility index (Phi) is 1.66. The van der Waals surface area contributed by atoms with E-state index in [9.17, 15) is 0 Å². The van der Waals surface area contributed by atoms with Crippen LogP contribution in [0.1, 0.15) is 19.3 Å². The molecule has 2 fully saturated rings. The molecule has 2 rings (SSSR count). The third kappa shape index (κ3) is 1.06. The van der Waals surface area contributed by atoms with Gasteiger partial charge in [0, 0.05) is 0 Å². The highest BCUT2D eigenvalue weighted by atomic mass is 15.0. The summed E-state index contributed by atoms with van der Waals surface area (Å²) in [6.45, 7) is 4.71. The third-order valence-corrected chi connectivity index (χ3v) is 2.91. The van der Waals surface area contributed by atoms with Crippen molar-refractivity contribution >= 4 is 0 Å². The molecule has 1 N–H and O–H groups in total. The van der Waals surface area contributed by atoms with Crippen LogP contribution in [0.4, 0.5) is 0 Å². The molecule has 0 aromatic heterocycles. The van der Waals surface area contributed by atoms with Gasteiger partial charge in [0.2, 0.25) is 0 Å². The lowest BCUT2D eigenvalue weighted by atomic mass is 9.78. The molecule has 1 spiro atoms. The van der Waals surface area contributed by atoms with Crippen LogP contribution in [0.15, 0.2) is 0 Å². The quantitative estimate of drug-likeness (QED) is 0.535. The second-order valence-electron chi connectivity index (χ2n) is 3.61. The largest absolute Gasteiger partial charge is 0.662 e. The van der Waals surface area contributed by atoms with E-state index in [-0.39, 0.29) is 0 Å². The van der Waals surface area contributed by atoms with E-state index in [2.05, 4.69) is 10.6 Å². The number of piperidine rings is 1. The fourth-order valence-electron chi connectivity index (χ4n) is 2.08. The van der Waals surface area contributed by atoms with Crippen molar-refractivity contribution in [3.8, 4) is 0 Å². The van der Waals surface area contributed by atoms with Crippen molar-refractivity contribution in [2.45, 2.75) is 19.3 Å². The lowest BCUT2D eigenvalue weighted by molar-refractivity contribution is 0.235. The van der Waals surface area contributed by atoms with Crippen molar-refractivity contribution in [1.29, 1.82) is 0 Å². The van der Waals surface area contributed by atoms with Crippen molar-refractivity contribution in [3.05, 3.63) is 5.32 Å². The summed E-state index contributed by atoms with van der Waals surface area (Å²) in [5, 5.41) is 7.83. The van der Waals surface area contributed by atoms with E-state index < -0.39 is 0 Å². The Morgan fingerprint density at radius 2 is 1.90 bits per heavy atom. The monoisotopic (exact) mass is 139 g/mol. The summed E-state index contributed by atoms with van der Waals surface area (Å²) in [5.74, 6) is 0. The minimum atomic E-state index is 0.644. The van der Waals surface area contributed by atoms with Crippen molar-refractivity contribution in [2.75, 3.05) is 26.2 Å². The first-order chi connectivity index (χ1) is 4.91. The van der Waals surface area contributed by atoms with Crippen molar-refractivity contribution < 1.29 is 0 Å². The Balaban J connectivity index is 1.98. The standard InChI is InChI=1S/C8H15N2/c1-4-9-5-2-8(1)3-6-10-7-8/h9H,1-7H2/q-1. The Bertz CT molecular complexity index is 108. The summed E-state index contributed by atoms with van der Waals surface area (Å²) in [5.41, 5.74) is 0.644. The SMILES string of the molecule is C1CC2(CCNCC2)C[N-]1. The Morgan fingerprint density at radius 1 is 1.10 bits per heavy atom. The fourth-order valence-corrected chi connectivity index (χ4v) is 2.08. The predicted molar refractivity (Wildman–Crippen MR) is 42.2 cm³/mol. The second kappa shape index (κ2) is 2.51. The van der Waals surface area contributed by atoms with Crippen LogP contribution in [0.2, 0.25) is 0 Å². The lowest BCUT2D eigenvalue weighted by Crippen LogP contribution is -2.36. The molecule has 2 saturated heterocycles. The van der Waals surface area contributed by atoms with E-state index in [1.165, 1.54) is 32.4 Å². The number of nitrogens with one attached hydrogen (secondary N) is 1. The van der Waals surface area contributed by atoms with Gasteiger partial charge in [0.05, 0.1) is 0 Å². The molecule has 0 aliphatic carbocycles. The minimum Gasteiger partial charge on any atom is -0.662 e. The molecular weight excluding hydrogens is 124 g/mol. The van der Waals surface area contributed by atoms with E-state index in [4.69, 9.17) is 0 Å². The van der Waals surface area contributed by atoms with Gasteiger partial charge in [0.15, 0.2) is 0 Å². The zero-order chi connectivity index (χ0) is 6.86. The van der Waals surface area contributed by atoms with Gasteiger partial charge in [-0.15, -0.1) is 13.1 Å². The maximum Gasteiger partial charge on any atom is -0.00442 e. The van der Waals surface area contributed by atoms with Gasteiger partial charge in [-0.1, -0.05) is 6.42 Å². The van der Waals surface area contributed by atoms with Gasteiger partial charge in [-0.05, 0) is 31.3 Å². The smallest absolute Gasteiger partial charge is 0.00442 e. The zero-order valence-electron chi connectivity index (χ0n) is 6.40. The van der Waals surface area contributed by atoms with Crippen molar-refractivity contribution in [1.82, 2.24) is 5.32 Å². The van der Waals surface area contributed by atoms with Gasteiger partial charge in [-0.2, -0.15) is 0 Å². The molecule has 2 aliphatic heterocycles. The van der Waals surface area contributed by atoms with Crippen molar-refractivity contribution in [2.24, 2.45) is 5.41 Å². The number of rotatable bonds is 0. The molecule has 0 bridgehead atoms. The first-order valence-corrected chi connectivity index (χ1v) is 4.25. The lowest BCUT2D eigenvalue weighted by Gasteiger charge is -2.36. The average molecular weight is 139 g/mol. The van der Waals surface area contributed by atoms with E-state index in [1.54, 1.807) is 0 Å². The third-order valence-electron chi connectivity index (χ3n) is 2.91. The molecule has 2 heteroatoms. The van der Waals surface area contributed by atoms with Gasteiger partial charge >= 0.3 is 0 Å². The molecule has 58 valence electrons. The van der Waals surface area contributed by atoms with Gasteiger partial charge in [0.25, 0.3) is 0 Å². The summed E-state index contributed by atoms with van der Waals surface area (Å²) in [4.78, 5) is 0. The molecular formula is C8H15N2-. The molecule has 0 aromatic rings. The van der Waals surface area contributed by atoms with E-state index in [0.717, 1.165) is 13.1 Å². The highest BCUT2D eigenvalue weighted by Gasteiger charge is 2.29. The van der Waals surface area contributed by atoms with Crippen LogP contribution in [0.5, 0.6) is 0 Å². The molecule has 0 saturated carbocycles. The van der Waals surface area contributed by atoms with Gasteiger partial charge < -0.3 is 10.6 Å².